The van der Waals surface area contributed by atoms with E-state index in [1.54, 1.807) is 33.5 Å². The first-order valence-electron chi connectivity index (χ1n) is 6.40. The minimum absolute atomic E-state index is 0.00442. The lowest BCUT2D eigenvalue weighted by Crippen LogP contribution is -2.27. The van der Waals surface area contributed by atoms with Gasteiger partial charge in [-0.1, -0.05) is 0 Å². The Hall–Kier alpha value is -1.46. The first-order valence-corrected chi connectivity index (χ1v) is 6.40. The Labute approximate surface area is 113 Å². The second-order valence-electron chi connectivity index (χ2n) is 4.62. The highest BCUT2D eigenvalue weighted by Gasteiger charge is 2.29. The molecule has 2 rings (SSSR count). The van der Waals surface area contributed by atoms with Crippen LogP contribution in [-0.2, 0) is 0 Å². The molecule has 19 heavy (non-hydrogen) atoms. The van der Waals surface area contributed by atoms with Crippen LogP contribution < -0.4 is 19.5 Å². The Morgan fingerprint density at radius 2 is 1.74 bits per heavy atom. The minimum Gasteiger partial charge on any atom is -0.496 e. The Morgan fingerprint density at radius 1 is 1.16 bits per heavy atom. The summed E-state index contributed by atoms with van der Waals surface area (Å²) < 4.78 is 16.0. The molecule has 0 aliphatic heterocycles. The largest absolute Gasteiger partial charge is 0.496 e. The second kappa shape index (κ2) is 6.12. The van der Waals surface area contributed by atoms with E-state index in [1.807, 2.05) is 0 Å². The van der Waals surface area contributed by atoms with Crippen LogP contribution in [0.1, 0.15) is 24.4 Å². The first kappa shape index (κ1) is 14.0. The van der Waals surface area contributed by atoms with E-state index in [-0.39, 0.29) is 12.6 Å². The van der Waals surface area contributed by atoms with Crippen molar-refractivity contribution in [2.75, 3.05) is 27.9 Å². The van der Waals surface area contributed by atoms with Crippen LogP contribution in [0, 0.1) is 0 Å². The number of benzene rings is 1. The van der Waals surface area contributed by atoms with Crippen LogP contribution in [0.15, 0.2) is 12.1 Å². The summed E-state index contributed by atoms with van der Waals surface area (Å²) in [6.07, 6.45) is 2.30. The zero-order valence-corrected chi connectivity index (χ0v) is 11.6. The smallest absolute Gasteiger partial charge is 0.131 e. The van der Waals surface area contributed by atoms with Gasteiger partial charge in [0.25, 0.3) is 0 Å². The maximum Gasteiger partial charge on any atom is 0.131 e. The number of hydrogen-bond donors (Lipinski definition) is 2. The third-order valence-corrected chi connectivity index (χ3v) is 3.30. The van der Waals surface area contributed by atoms with E-state index in [4.69, 9.17) is 14.2 Å². The molecule has 1 fully saturated rings. The molecule has 1 aromatic rings. The average molecular weight is 267 g/mol. The van der Waals surface area contributed by atoms with Gasteiger partial charge in [0.15, 0.2) is 0 Å². The molecule has 0 amide bonds. The summed E-state index contributed by atoms with van der Waals surface area (Å²) in [5.74, 6) is 1.98. The second-order valence-corrected chi connectivity index (χ2v) is 4.62. The molecule has 1 atom stereocenters. The highest BCUT2D eigenvalue weighted by atomic mass is 16.5. The van der Waals surface area contributed by atoms with Crippen molar-refractivity contribution < 1.29 is 19.3 Å². The van der Waals surface area contributed by atoms with Gasteiger partial charge in [0.2, 0.25) is 0 Å². The Kier molecular flexibility index (Phi) is 4.50. The van der Waals surface area contributed by atoms with Crippen LogP contribution in [0.4, 0.5) is 0 Å². The van der Waals surface area contributed by atoms with Crippen LogP contribution in [0.3, 0.4) is 0 Å². The monoisotopic (exact) mass is 267 g/mol. The van der Waals surface area contributed by atoms with E-state index < -0.39 is 0 Å². The van der Waals surface area contributed by atoms with Gasteiger partial charge in [-0.3, -0.25) is 0 Å². The fourth-order valence-corrected chi connectivity index (χ4v) is 2.14. The van der Waals surface area contributed by atoms with E-state index in [1.165, 1.54) is 0 Å². The predicted molar refractivity (Wildman–Crippen MR) is 72.1 cm³/mol. The number of methoxy groups -OCH3 is 3. The maximum absolute atomic E-state index is 9.62. The Bertz CT molecular complexity index is 406. The summed E-state index contributed by atoms with van der Waals surface area (Å²) in [5, 5.41) is 13.0. The van der Waals surface area contributed by atoms with E-state index >= 15 is 0 Å². The minimum atomic E-state index is -0.191. The van der Waals surface area contributed by atoms with Crippen LogP contribution in [0.25, 0.3) is 0 Å². The molecular formula is C14H21NO4. The van der Waals surface area contributed by atoms with Crippen molar-refractivity contribution in [1.29, 1.82) is 0 Å². The zero-order valence-electron chi connectivity index (χ0n) is 11.6. The van der Waals surface area contributed by atoms with Crippen molar-refractivity contribution in [3.63, 3.8) is 0 Å². The number of rotatable bonds is 7. The quantitative estimate of drug-likeness (QED) is 0.784. The molecule has 0 radical (unpaired) electrons. The van der Waals surface area contributed by atoms with Gasteiger partial charge in [0.1, 0.15) is 17.2 Å². The van der Waals surface area contributed by atoms with Gasteiger partial charge in [-0.25, -0.2) is 0 Å². The lowest BCUT2D eigenvalue weighted by atomic mass is 10.0. The average Bonchev–Trinajstić information content (AvgIpc) is 3.27. The van der Waals surface area contributed by atoms with Crippen molar-refractivity contribution >= 4 is 0 Å². The van der Waals surface area contributed by atoms with Crippen molar-refractivity contribution in [3.8, 4) is 17.2 Å². The van der Waals surface area contributed by atoms with Crippen molar-refractivity contribution in [3.05, 3.63) is 17.7 Å². The molecule has 106 valence electrons. The van der Waals surface area contributed by atoms with Gasteiger partial charge in [-0.05, 0) is 12.8 Å². The number of hydrogen-bond acceptors (Lipinski definition) is 5. The van der Waals surface area contributed by atoms with Crippen molar-refractivity contribution in [2.24, 2.45) is 0 Å². The van der Waals surface area contributed by atoms with Gasteiger partial charge >= 0.3 is 0 Å². The number of aliphatic hydroxyl groups is 1. The standard InChI is InChI=1S/C14H21NO4/c1-17-10-6-12(18-2)14(13(7-10)19-3)11(8-16)15-9-4-5-9/h6-7,9,11,15-16H,4-5,8H2,1-3H3. The first-order chi connectivity index (χ1) is 9.23. The molecule has 1 aliphatic carbocycles. The maximum atomic E-state index is 9.62. The zero-order chi connectivity index (χ0) is 13.8. The number of ether oxygens (including phenoxy) is 3. The molecule has 1 aromatic carbocycles. The normalized spacial score (nSPS) is 16.0. The molecule has 1 unspecified atom stereocenters. The fourth-order valence-electron chi connectivity index (χ4n) is 2.14. The Morgan fingerprint density at radius 3 is 2.11 bits per heavy atom. The molecule has 1 saturated carbocycles. The lowest BCUT2D eigenvalue weighted by molar-refractivity contribution is 0.235. The third kappa shape index (κ3) is 3.11. The molecule has 0 aromatic heterocycles. The molecule has 0 heterocycles. The van der Waals surface area contributed by atoms with Crippen LogP contribution in [-0.4, -0.2) is 39.1 Å². The van der Waals surface area contributed by atoms with Gasteiger partial charge < -0.3 is 24.6 Å². The van der Waals surface area contributed by atoms with E-state index in [0.29, 0.717) is 23.3 Å². The van der Waals surface area contributed by atoms with Gasteiger partial charge in [0, 0.05) is 18.2 Å². The lowest BCUT2D eigenvalue weighted by Gasteiger charge is -2.22. The van der Waals surface area contributed by atoms with E-state index in [9.17, 15) is 5.11 Å². The fraction of sp³-hybridized carbons (Fsp3) is 0.571. The molecule has 0 bridgehead atoms. The molecular weight excluding hydrogens is 246 g/mol. The summed E-state index contributed by atoms with van der Waals surface area (Å²) in [7, 11) is 4.80. The third-order valence-electron chi connectivity index (χ3n) is 3.30. The van der Waals surface area contributed by atoms with E-state index in [0.717, 1.165) is 18.4 Å². The molecule has 0 saturated heterocycles. The topological polar surface area (TPSA) is 60.0 Å². The van der Waals surface area contributed by atoms with Gasteiger partial charge in [-0.15, -0.1) is 0 Å². The summed E-state index contributed by atoms with van der Waals surface area (Å²) in [4.78, 5) is 0. The summed E-state index contributed by atoms with van der Waals surface area (Å²) in [6, 6.07) is 3.89. The van der Waals surface area contributed by atoms with Gasteiger partial charge in [-0.2, -0.15) is 0 Å². The predicted octanol–water partition coefficient (Wildman–Crippen LogP) is 1.50. The van der Waals surface area contributed by atoms with Crippen molar-refractivity contribution in [1.82, 2.24) is 5.32 Å². The SMILES string of the molecule is COc1cc(OC)c(C(CO)NC2CC2)c(OC)c1. The van der Waals surface area contributed by atoms with Crippen molar-refractivity contribution in [2.45, 2.75) is 24.9 Å². The van der Waals surface area contributed by atoms with E-state index in [2.05, 4.69) is 5.32 Å². The molecule has 5 nitrogen and oxygen atoms in total. The summed E-state index contributed by atoms with van der Waals surface area (Å²) >= 11 is 0. The summed E-state index contributed by atoms with van der Waals surface area (Å²) in [5.41, 5.74) is 0.834. The molecule has 0 spiro atoms. The summed E-state index contributed by atoms with van der Waals surface area (Å²) in [6.45, 7) is -0.00442. The van der Waals surface area contributed by atoms with Gasteiger partial charge in [0.05, 0.1) is 39.5 Å². The molecule has 5 heteroatoms. The van der Waals surface area contributed by atoms with Crippen LogP contribution in [0.5, 0.6) is 17.2 Å². The van der Waals surface area contributed by atoms with Crippen LogP contribution >= 0.6 is 0 Å². The molecule has 2 N–H and O–H groups in total. The van der Waals surface area contributed by atoms with Crippen LogP contribution in [0.2, 0.25) is 0 Å². The number of nitrogens with one attached hydrogen (secondary N) is 1. The molecule has 1 aliphatic rings. The highest BCUT2D eigenvalue weighted by Crippen LogP contribution is 2.39. The Balaban J connectivity index is 2.38. The number of aliphatic hydroxyl groups excluding tert-OH is 1. The highest BCUT2D eigenvalue weighted by molar-refractivity contribution is 5.52.